The fourth-order valence-corrected chi connectivity index (χ4v) is 5.81. The first-order valence-electron chi connectivity index (χ1n) is 13.0. The second-order valence-electron chi connectivity index (χ2n) is 9.85. The molecule has 5 heterocycles. The van der Waals surface area contributed by atoms with Crippen molar-refractivity contribution >= 4 is 16.7 Å². The molecule has 7 nitrogen and oxygen atoms in total. The van der Waals surface area contributed by atoms with Gasteiger partial charge in [-0.3, -0.25) is 0 Å². The number of rotatable bonds is 4. The largest absolute Gasteiger partial charge is 0.491 e. The van der Waals surface area contributed by atoms with Gasteiger partial charge in [-0.1, -0.05) is 24.3 Å². The maximum Gasteiger partial charge on any atom is 0.150 e. The monoisotopic (exact) mass is 469 g/mol. The smallest absolute Gasteiger partial charge is 0.150 e. The van der Waals surface area contributed by atoms with E-state index in [1.165, 1.54) is 24.9 Å². The van der Waals surface area contributed by atoms with Crippen LogP contribution < -0.4 is 9.64 Å². The molecule has 2 fully saturated rings. The van der Waals surface area contributed by atoms with E-state index in [1.807, 2.05) is 10.9 Å². The number of anilines is 1. The molecule has 0 aliphatic carbocycles. The van der Waals surface area contributed by atoms with Gasteiger partial charge in [-0.05, 0) is 56.2 Å². The molecule has 35 heavy (non-hydrogen) atoms. The quantitative estimate of drug-likeness (QED) is 0.387. The van der Waals surface area contributed by atoms with Crippen molar-refractivity contribution in [1.82, 2.24) is 19.3 Å². The third-order valence-corrected chi connectivity index (χ3v) is 7.58. The molecule has 0 radical (unpaired) electrons. The molecule has 0 N–H and O–H groups in total. The summed E-state index contributed by atoms with van der Waals surface area (Å²) in [5.41, 5.74) is 6.75. The third-order valence-electron chi connectivity index (χ3n) is 7.58. The van der Waals surface area contributed by atoms with Crippen molar-refractivity contribution in [2.75, 3.05) is 31.2 Å². The Kier molecular flexibility index (Phi) is 5.23. The van der Waals surface area contributed by atoms with Crippen LogP contribution in [0.3, 0.4) is 0 Å². The Balaban J connectivity index is 1.26. The average Bonchev–Trinajstić information content (AvgIpc) is 3.65. The van der Waals surface area contributed by atoms with Gasteiger partial charge in [0.15, 0.2) is 6.23 Å². The normalized spacial score (nSPS) is 20.2. The van der Waals surface area contributed by atoms with E-state index in [4.69, 9.17) is 14.5 Å². The van der Waals surface area contributed by atoms with Crippen molar-refractivity contribution < 1.29 is 9.47 Å². The van der Waals surface area contributed by atoms with Gasteiger partial charge >= 0.3 is 0 Å². The molecule has 0 saturated carbocycles. The first-order valence-corrected chi connectivity index (χ1v) is 13.0. The van der Waals surface area contributed by atoms with Crippen LogP contribution in [0.1, 0.15) is 44.8 Å². The summed E-state index contributed by atoms with van der Waals surface area (Å²) in [6, 6.07) is 15.3. The number of aromatic nitrogens is 4. The summed E-state index contributed by atoms with van der Waals surface area (Å²) >= 11 is 0. The van der Waals surface area contributed by atoms with Crippen LogP contribution in [0.4, 0.5) is 5.69 Å². The average molecular weight is 470 g/mol. The Bertz CT molecular complexity index is 1340. The van der Waals surface area contributed by atoms with Crippen molar-refractivity contribution in [3.8, 4) is 28.4 Å². The summed E-state index contributed by atoms with van der Waals surface area (Å²) in [4.78, 5) is 7.59. The van der Waals surface area contributed by atoms with Crippen molar-refractivity contribution in [2.45, 2.75) is 51.3 Å². The Morgan fingerprint density at radius 1 is 0.829 bits per heavy atom. The summed E-state index contributed by atoms with van der Waals surface area (Å²) in [6.45, 7) is 4.69. The van der Waals surface area contributed by atoms with Gasteiger partial charge in [-0.2, -0.15) is 5.10 Å². The van der Waals surface area contributed by atoms with Crippen molar-refractivity contribution in [3.63, 3.8) is 0 Å². The highest BCUT2D eigenvalue weighted by Gasteiger charge is 2.23. The lowest BCUT2D eigenvalue weighted by molar-refractivity contribution is -0.0383. The predicted octanol–water partition coefficient (Wildman–Crippen LogP) is 5.65. The molecule has 180 valence electrons. The van der Waals surface area contributed by atoms with Gasteiger partial charge in [0, 0.05) is 49.8 Å². The fourth-order valence-electron chi connectivity index (χ4n) is 5.81. The minimum atomic E-state index is 0.0301. The number of ether oxygens (including phenoxy) is 2. The molecule has 1 unspecified atom stereocenters. The summed E-state index contributed by atoms with van der Waals surface area (Å²) in [7, 11) is 0. The second-order valence-corrected chi connectivity index (χ2v) is 9.85. The number of hydrogen-bond donors (Lipinski definition) is 0. The Morgan fingerprint density at radius 3 is 2.51 bits per heavy atom. The lowest BCUT2D eigenvalue weighted by Crippen LogP contribution is -2.19. The van der Waals surface area contributed by atoms with E-state index in [0.717, 1.165) is 91.5 Å². The zero-order chi connectivity index (χ0) is 23.2. The lowest BCUT2D eigenvalue weighted by atomic mass is 10.1. The number of nitrogens with zero attached hydrogens (tertiary/aromatic N) is 5. The number of aryl methyl sites for hydroxylation is 1. The van der Waals surface area contributed by atoms with Crippen LogP contribution in [-0.4, -0.2) is 45.6 Å². The minimum Gasteiger partial charge on any atom is -0.491 e. The Labute approximate surface area is 205 Å². The second kappa shape index (κ2) is 8.72. The summed E-state index contributed by atoms with van der Waals surface area (Å²) in [6.07, 6.45) is 8.72. The molecular formula is C28H31N5O2. The highest BCUT2D eigenvalue weighted by Crippen LogP contribution is 2.38. The van der Waals surface area contributed by atoms with Crippen molar-refractivity contribution in [3.05, 3.63) is 48.7 Å². The molecule has 3 aliphatic heterocycles. The first-order chi connectivity index (χ1) is 17.3. The Morgan fingerprint density at radius 2 is 1.69 bits per heavy atom. The van der Waals surface area contributed by atoms with E-state index in [9.17, 15) is 0 Å². The number of imidazole rings is 1. The molecular weight excluding hydrogens is 438 g/mol. The molecule has 0 amide bonds. The molecule has 0 bridgehead atoms. The van der Waals surface area contributed by atoms with E-state index < -0.39 is 0 Å². The predicted molar refractivity (Wildman–Crippen MR) is 137 cm³/mol. The van der Waals surface area contributed by atoms with Crippen LogP contribution in [-0.2, 0) is 11.3 Å². The van der Waals surface area contributed by atoms with E-state index in [2.05, 4.69) is 57.0 Å². The molecule has 4 aromatic rings. The van der Waals surface area contributed by atoms with Crippen LogP contribution in [0.2, 0.25) is 0 Å². The maximum absolute atomic E-state index is 6.20. The molecule has 3 aliphatic rings. The molecule has 0 spiro atoms. The Hall–Kier alpha value is -3.32. The summed E-state index contributed by atoms with van der Waals surface area (Å²) in [5.74, 6) is 1.98. The molecule has 1 atom stereocenters. The van der Waals surface area contributed by atoms with Gasteiger partial charge in [-0.15, -0.1) is 0 Å². The third kappa shape index (κ3) is 3.69. The van der Waals surface area contributed by atoms with E-state index in [1.54, 1.807) is 0 Å². The minimum absolute atomic E-state index is 0.0301. The van der Waals surface area contributed by atoms with Gasteiger partial charge in [0.05, 0.1) is 17.8 Å². The SMILES string of the molecule is c1cc(-c2ccc(-c3nc4cc(N5CCCC5)cc5c4n3CCCO5)cc2)n(C2CCCCO2)n1. The highest BCUT2D eigenvalue weighted by molar-refractivity contribution is 5.90. The van der Waals surface area contributed by atoms with Gasteiger partial charge in [-0.25, -0.2) is 9.67 Å². The van der Waals surface area contributed by atoms with E-state index >= 15 is 0 Å². The van der Waals surface area contributed by atoms with Crippen molar-refractivity contribution in [1.29, 1.82) is 0 Å². The number of benzene rings is 2. The van der Waals surface area contributed by atoms with Gasteiger partial charge in [0.2, 0.25) is 0 Å². The van der Waals surface area contributed by atoms with Gasteiger partial charge in [0.25, 0.3) is 0 Å². The molecule has 2 aromatic carbocycles. The standard InChI is InChI=1S/C28H31N5O2/c1-4-16-35-26(6-1)33-24(11-12-29-33)20-7-9-21(10-8-20)28-30-23-18-22(31-13-2-3-14-31)19-25-27(23)32(28)15-5-17-34-25/h7-12,18-19,26H,1-6,13-17H2. The van der Waals surface area contributed by atoms with Crippen molar-refractivity contribution in [2.24, 2.45) is 0 Å². The van der Waals surface area contributed by atoms with Gasteiger partial charge in [0.1, 0.15) is 17.1 Å². The van der Waals surface area contributed by atoms with Gasteiger partial charge < -0.3 is 18.9 Å². The fraction of sp³-hybridized carbons (Fsp3) is 0.429. The zero-order valence-corrected chi connectivity index (χ0v) is 20.0. The van der Waals surface area contributed by atoms with Crippen LogP contribution >= 0.6 is 0 Å². The zero-order valence-electron chi connectivity index (χ0n) is 20.0. The van der Waals surface area contributed by atoms with Crippen LogP contribution in [0.5, 0.6) is 5.75 Å². The lowest BCUT2D eigenvalue weighted by Gasteiger charge is -2.24. The first kappa shape index (κ1) is 21.0. The number of hydrogen-bond acceptors (Lipinski definition) is 5. The molecule has 2 aromatic heterocycles. The molecule has 7 heteroatoms. The van der Waals surface area contributed by atoms with Crippen LogP contribution in [0, 0.1) is 0 Å². The molecule has 7 rings (SSSR count). The highest BCUT2D eigenvalue weighted by atomic mass is 16.5. The van der Waals surface area contributed by atoms with E-state index in [0.29, 0.717) is 0 Å². The topological polar surface area (TPSA) is 57.3 Å². The summed E-state index contributed by atoms with van der Waals surface area (Å²) < 4.78 is 16.6. The van der Waals surface area contributed by atoms with E-state index in [-0.39, 0.29) is 6.23 Å². The molecule has 2 saturated heterocycles. The summed E-state index contributed by atoms with van der Waals surface area (Å²) in [5, 5.41) is 4.58. The van der Waals surface area contributed by atoms with Crippen LogP contribution in [0.25, 0.3) is 33.7 Å². The van der Waals surface area contributed by atoms with Crippen LogP contribution in [0.15, 0.2) is 48.7 Å². The maximum atomic E-state index is 6.20.